The molecule has 7 aromatic rings. The van der Waals surface area contributed by atoms with Crippen LogP contribution in [0.25, 0.3) is 59.8 Å². The second-order valence-corrected chi connectivity index (χ2v) is 10.3. The van der Waals surface area contributed by atoms with E-state index in [0.717, 1.165) is 16.8 Å². The predicted molar refractivity (Wildman–Crippen MR) is 159 cm³/mol. The van der Waals surface area contributed by atoms with Crippen molar-refractivity contribution < 1.29 is 0 Å². The van der Waals surface area contributed by atoms with Gasteiger partial charge in [0, 0.05) is 33.3 Å². The minimum absolute atomic E-state index is 0.243. The standard InChI is InChI=1S/C34H24N4/c1-21(2)36-27-15-9-10-16-28(27)38-30-18-17-29-32(33(30)25-19-22(35-3)20-31(36)34(25)38)24-13-7-8-14-26(24)37(29)23-11-5-4-6-12-23/h4-21H,1-2H3. The average Bonchev–Trinajstić information content (AvgIpc) is 3.47. The van der Waals surface area contributed by atoms with Gasteiger partial charge in [0.05, 0.1) is 45.7 Å². The molecule has 4 nitrogen and oxygen atoms in total. The summed E-state index contributed by atoms with van der Waals surface area (Å²) >= 11 is 0. The van der Waals surface area contributed by atoms with Gasteiger partial charge in [0.1, 0.15) is 0 Å². The Morgan fingerprint density at radius 3 is 2.03 bits per heavy atom. The number of rotatable bonds is 2. The molecule has 180 valence electrons. The van der Waals surface area contributed by atoms with Crippen molar-refractivity contribution in [3.05, 3.63) is 115 Å². The monoisotopic (exact) mass is 488 g/mol. The third-order valence-electron chi connectivity index (χ3n) is 7.93. The van der Waals surface area contributed by atoms with E-state index < -0.39 is 0 Å². The van der Waals surface area contributed by atoms with Crippen molar-refractivity contribution in [2.24, 2.45) is 0 Å². The van der Waals surface area contributed by atoms with E-state index in [1.807, 2.05) is 0 Å². The molecule has 0 N–H and O–H groups in total. The van der Waals surface area contributed by atoms with Gasteiger partial charge < -0.3 is 14.0 Å². The lowest BCUT2D eigenvalue weighted by molar-refractivity contribution is 0.782. The molecular formula is C34H24N4. The highest BCUT2D eigenvalue weighted by atomic mass is 15.2. The molecule has 4 heteroatoms. The zero-order valence-corrected chi connectivity index (χ0v) is 21.2. The smallest absolute Gasteiger partial charge is 0.190 e. The van der Waals surface area contributed by atoms with Crippen LogP contribution in [0.4, 0.5) is 17.1 Å². The topological polar surface area (TPSA) is 17.5 Å². The van der Waals surface area contributed by atoms with E-state index in [1.54, 1.807) is 0 Å². The SMILES string of the molecule is [C-]#[N+]c1cc2c3c(c1)c1c4c5ccccc5n(-c5ccccc5)c4ccc1n3-c1ccccc1N2C(C)C. The largest absolute Gasteiger partial charge is 0.337 e. The molecule has 0 unspecified atom stereocenters. The number of para-hydroxylation sites is 4. The molecule has 2 aromatic heterocycles. The van der Waals surface area contributed by atoms with Gasteiger partial charge in [-0.1, -0.05) is 48.5 Å². The second-order valence-electron chi connectivity index (χ2n) is 10.3. The van der Waals surface area contributed by atoms with E-state index in [2.05, 4.69) is 136 Å². The van der Waals surface area contributed by atoms with Gasteiger partial charge in [-0.25, -0.2) is 4.85 Å². The summed E-state index contributed by atoms with van der Waals surface area (Å²) in [4.78, 5) is 6.31. The Kier molecular flexibility index (Phi) is 4.17. The van der Waals surface area contributed by atoms with E-state index in [1.165, 1.54) is 49.6 Å². The first-order chi connectivity index (χ1) is 18.7. The number of fused-ring (bicyclic) bond motifs is 9. The van der Waals surface area contributed by atoms with Gasteiger partial charge in [0.25, 0.3) is 0 Å². The van der Waals surface area contributed by atoms with Crippen molar-refractivity contribution in [1.29, 1.82) is 0 Å². The minimum Gasteiger partial charge on any atom is -0.337 e. The number of benzene rings is 5. The van der Waals surface area contributed by atoms with Crippen LogP contribution in [0.5, 0.6) is 0 Å². The Morgan fingerprint density at radius 1 is 0.605 bits per heavy atom. The Hall–Kier alpha value is -5.01. The zero-order valence-electron chi connectivity index (χ0n) is 21.2. The summed E-state index contributed by atoms with van der Waals surface area (Å²) in [6.07, 6.45) is 0. The van der Waals surface area contributed by atoms with Crippen LogP contribution in [0.2, 0.25) is 0 Å². The lowest BCUT2D eigenvalue weighted by Gasteiger charge is -2.36. The normalized spacial score (nSPS) is 12.6. The molecule has 0 spiro atoms. The molecule has 0 fully saturated rings. The van der Waals surface area contributed by atoms with Crippen molar-refractivity contribution in [1.82, 2.24) is 9.13 Å². The van der Waals surface area contributed by atoms with E-state index in [9.17, 15) is 0 Å². The first-order valence-electron chi connectivity index (χ1n) is 13.0. The van der Waals surface area contributed by atoms with Crippen LogP contribution in [0.3, 0.4) is 0 Å². The minimum atomic E-state index is 0.243. The first-order valence-corrected chi connectivity index (χ1v) is 13.0. The van der Waals surface area contributed by atoms with E-state index in [4.69, 9.17) is 6.57 Å². The predicted octanol–water partition coefficient (Wildman–Crippen LogP) is 9.29. The highest BCUT2D eigenvalue weighted by Gasteiger charge is 2.30. The fourth-order valence-corrected chi connectivity index (χ4v) is 6.56. The number of hydrogen-bond donors (Lipinski definition) is 0. The van der Waals surface area contributed by atoms with Gasteiger partial charge in [-0.3, -0.25) is 0 Å². The van der Waals surface area contributed by atoms with Crippen molar-refractivity contribution in [3.8, 4) is 11.4 Å². The van der Waals surface area contributed by atoms with Crippen molar-refractivity contribution in [2.45, 2.75) is 19.9 Å². The van der Waals surface area contributed by atoms with Gasteiger partial charge in [-0.05, 0) is 68.4 Å². The quantitative estimate of drug-likeness (QED) is 0.222. The molecule has 0 amide bonds. The van der Waals surface area contributed by atoms with Crippen LogP contribution in [-0.2, 0) is 0 Å². The molecule has 0 radical (unpaired) electrons. The fraction of sp³-hybridized carbons (Fsp3) is 0.0882. The van der Waals surface area contributed by atoms with Gasteiger partial charge in [0.15, 0.2) is 5.69 Å². The second kappa shape index (κ2) is 7.50. The Bertz CT molecular complexity index is 2120. The molecule has 38 heavy (non-hydrogen) atoms. The molecule has 8 rings (SSSR count). The van der Waals surface area contributed by atoms with Gasteiger partial charge in [-0.2, -0.15) is 0 Å². The lowest BCUT2D eigenvalue weighted by atomic mass is 10.0. The van der Waals surface area contributed by atoms with Crippen LogP contribution in [0.1, 0.15) is 13.8 Å². The molecule has 1 aliphatic heterocycles. The molecule has 0 saturated heterocycles. The third-order valence-corrected chi connectivity index (χ3v) is 7.93. The van der Waals surface area contributed by atoms with E-state index in [0.29, 0.717) is 5.69 Å². The summed E-state index contributed by atoms with van der Waals surface area (Å²) in [6, 6.07) is 36.8. The Balaban J connectivity index is 1.65. The van der Waals surface area contributed by atoms with Crippen molar-refractivity contribution in [3.63, 3.8) is 0 Å². The maximum absolute atomic E-state index is 7.95. The van der Waals surface area contributed by atoms with E-state index in [-0.39, 0.29) is 6.04 Å². The molecule has 0 bridgehead atoms. The summed E-state index contributed by atoms with van der Waals surface area (Å²) < 4.78 is 4.77. The van der Waals surface area contributed by atoms with Crippen LogP contribution in [0.15, 0.2) is 103 Å². The first kappa shape index (κ1) is 21.1. The van der Waals surface area contributed by atoms with Crippen LogP contribution in [0, 0.1) is 6.57 Å². The highest BCUT2D eigenvalue weighted by molar-refractivity contribution is 6.31. The Labute approximate surface area is 220 Å². The average molecular weight is 489 g/mol. The summed E-state index contributed by atoms with van der Waals surface area (Å²) in [7, 11) is 0. The molecule has 0 saturated carbocycles. The zero-order chi connectivity index (χ0) is 25.5. The summed E-state index contributed by atoms with van der Waals surface area (Å²) in [5.41, 5.74) is 9.95. The maximum Gasteiger partial charge on any atom is 0.190 e. The number of nitrogens with zero attached hydrogens (tertiary/aromatic N) is 4. The van der Waals surface area contributed by atoms with Crippen LogP contribution >= 0.6 is 0 Å². The number of aromatic nitrogens is 2. The highest BCUT2D eigenvalue weighted by Crippen LogP contribution is 2.51. The summed E-state index contributed by atoms with van der Waals surface area (Å²) in [6.45, 7) is 12.4. The molecule has 0 atom stereocenters. The number of anilines is 2. The summed E-state index contributed by atoms with van der Waals surface area (Å²) in [5.74, 6) is 0. The van der Waals surface area contributed by atoms with Crippen LogP contribution < -0.4 is 4.90 Å². The molecule has 3 heterocycles. The molecule has 0 aliphatic carbocycles. The third kappa shape index (κ3) is 2.58. The van der Waals surface area contributed by atoms with Crippen molar-refractivity contribution >= 4 is 60.7 Å². The number of hydrogen-bond acceptors (Lipinski definition) is 1. The maximum atomic E-state index is 7.95. The van der Waals surface area contributed by atoms with Gasteiger partial charge in [0.2, 0.25) is 0 Å². The fourth-order valence-electron chi connectivity index (χ4n) is 6.56. The molecular weight excluding hydrogens is 464 g/mol. The van der Waals surface area contributed by atoms with E-state index >= 15 is 0 Å². The van der Waals surface area contributed by atoms with Crippen LogP contribution in [-0.4, -0.2) is 15.2 Å². The molecule has 5 aromatic carbocycles. The van der Waals surface area contributed by atoms with Gasteiger partial charge >= 0.3 is 0 Å². The Morgan fingerprint density at radius 2 is 1.26 bits per heavy atom. The van der Waals surface area contributed by atoms with Gasteiger partial charge in [-0.15, -0.1) is 0 Å². The molecule has 1 aliphatic rings. The van der Waals surface area contributed by atoms with Crippen molar-refractivity contribution in [2.75, 3.05) is 4.90 Å². The summed E-state index contributed by atoms with van der Waals surface area (Å²) in [5, 5.41) is 4.79. The lowest BCUT2D eigenvalue weighted by Crippen LogP contribution is -2.29.